The molecule has 1 aliphatic rings. The maximum Gasteiger partial charge on any atom is 0.410 e. The van der Waals surface area contributed by atoms with Crippen LogP contribution in [0.2, 0.25) is 0 Å². The molecule has 0 N–H and O–H groups in total. The lowest BCUT2D eigenvalue weighted by Gasteiger charge is -2.35. The summed E-state index contributed by atoms with van der Waals surface area (Å²) in [5.74, 6) is 1.17. The molecule has 1 saturated heterocycles. The van der Waals surface area contributed by atoms with E-state index in [4.69, 9.17) is 9.15 Å². The number of nitrogens with zero attached hydrogens (tertiary/aromatic N) is 4. The van der Waals surface area contributed by atoms with E-state index in [9.17, 15) is 4.79 Å². The van der Waals surface area contributed by atoms with Gasteiger partial charge in [0.25, 0.3) is 0 Å². The molecule has 3 heterocycles. The highest BCUT2D eigenvalue weighted by Gasteiger charge is 2.27. The highest BCUT2D eigenvalue weighted by molar-refractivity contribution is 6.05. The van der Waals surface area contributed by atoms with E-state index in [-0.39, 0.29) is 6.09 Å². The Morgan fingerprint density at radius 2 is 2.10 bits per heavy atom. The Hall–Kier alpha value is -2.83. The van der Waals surface area contributed by atoms with Gasteiger partial charge >= 0.3 is 6.09 Å². The minimum Gasteiger partial charge on any atom is -0.450 e. The molecule has 7 heteroatoms. The van der Waals surface area contributed by atoms with Crippen molar-refractivity contribution in [1.82, 2.24) is 14.9 Å². The van der Waals surface area contributed by atoms with Gasteiger partial charge in [-0.3, -0.25) is 0 Å². The first-order chi connectivity index (χ1) is 13.8. The lowest BCUT2D eigenvalue weighted by molar-refractivity contribution is 0.0269. The predicted octanol–water partition coefficient (Wildman–Crippen LogP) is 4.46. The largest absolute Gasteiger partial charge is 0.450 e. The third-order valence-electron chi connectivity index (χ3n) is 5.19. The number of hydrogen-bond donors (Lipinski definition) is 0. The summed E-state index contributed by atoms with van der Waals surface area (Å²) in [5.41, 5.74) is 1.91. The molecular weight excluding hydrogens is 368 g/mol. The zero-order chi connectivity index (χ0) is 20.6. The number of carbonyl (C=O) groups excluding carboxylic acids is 1. The van der Waals surface area contributed by atoms with Crippen molar-refractivity contribution in [2.45, 2.75) is 39.2 Å². The summed E-state index contributed by atoms with van der Waals surface area (Å²) >= 11 is 0. The minimum atomic E-state index is -0.488. The molecule has 0 saturated carbocycles. The van der Waals surface area contributed by atoms with Crippen LogP contribution >= 0.6 is 0 Å². The van der Waals surface area contributed by atoms with Crippen LogP contribution in [0.15, 0.2) is 35.0 Å². The zero-order valence-electron chi connectivity index (χ0n) is 17.5. The Morgan fingerprint density at radius 3 is 2.90 bits per heavy atom. The van der Waals surface area contributed by atoms with Gasteiger partial charge in [0.05, 0.1) is 0 Å². The number of hydrogen-bond acceptors (Lipinski definition) is 6. The van der Waals surface area contributed by atoms with Gasteiger partial charge in [0.1, 0.15) is 23.0 Å². The minimum absolute atomic E-state index is 0.281. The second kappa shape index (κ2) is 7.54. The number of anilines is 1. The molecule has 3 aromatic rings. The molecule has 29 heavy (non-hydrogen) atoms. The molecular formula is C22H28N4O3. The molecule has 0 bridgehead atoms. The van der Waals surface area contributed by atoms with Gasteiger partial charge in [-0.05, 0) is 51.7 Å². The highest BCUT2D eigenvalue weighted by atomic mass is 16.6. The third kappa shape index (κ3) is 4.13. The number of ether oxygens (including phenoxy) is 1. The molecule has 1 atom stereocenters. The molecule has 0 aliphatic carbocycles. The van der Waals surface area contributed by atoms with Crippen LogP contribution < -0.4 is 4.90 Å². The molecule has 1 aliphatic heterocycles. The lowest BCUT2D eigenvalue weighted by atomic mass is 9.97. The van der Waals surface area contributed by atoms with E-state index in [1.165, 1.54) is 0 Å². The van der Waals surface area contributed by atoms with Crippen molar-refractivity contribution in [3.8, 4) is 0 Å². The van der Waals surface area contributed by atoms with Gasteiger partial charge in [0, 0.05) is 32.1 Å². The maximum absolute atomic E-state index is 12.3. The Bertz CT molecular complexity index is 1020. The van der Waals surface area contributed by atoms with Crippen molar-refractivity contribution in [2.75, 3.05) is 31.6 Å². The van der Waals surface area contributed by atoms with Crippen LogP contribution in [0, 0.1) is 5.92 Å². The Balaban J connectivity index is 1.52. The normalized spacial score (nSPS) is 17.7. The number of benzene rings is 1. The number of piperidine rings is 1. The fourth-order valence-corrected chi connectivity index (χ4v) is 3.94. The number of furan rings is 1. The quantitative estimate of drug-likeness (QED) is 0.651. The average molecular weight is 396 g/mol. The van der Waals surface area contributed by atoms with E-state index in [0.717, 1.165) is 53.8 Å². The summed E-state index contributed by atoms with van der Waals surface area (Å²) in [5, 5.41) is 1.00. The van der Waals surface area contributed by atoms with Crippen molar-refractivity contribution >= 4 is 34.0 Å². The van der Waals surface area contributed by atoms with E-state index in [1.54, 1.807) is 18.3 Å². The highest BCUT2D eigenvalue weighted by Crippen LogP contribution is 2.33. The van der Waals surface area contributed by atoms with Gasteiger partial charge in [-0.15, -0.1) is 0 Å². The summed E-state index contributed by atoms with van der Waals surface area (Å²) < 4.78 is 11.6. The predicted molar refractivity (Wildman–Crippen MR) is 113 cm³/mol. The molecule has 7 nitrogen and oxygen atoms in total. The summed E-state index contributed by atoms with van der Waals surface area (Å²) in [7, 11) is 1.80. The van der Waals surface area contributed by atoms with Crippen LogP contribution in [-0.2, 0) is 4.74 Å². The van der Waals surface area contributed by atoms with Crippen molar-refractivity contribution in [1.29, 1.82) is 0 Å². The fourth-order valence-electron chi connectivity index (χ4n) is 3.94. The topological polar surface area (TPSA) is 71.7 Å². The van der Waals surface area contributed by atoms with Gasteiger partial charge < -0.3 is 19.0 Å². The monoisotopic (exact) mass is 396 g/mol. The number of rotatable bonds is 3. The summed E-state index contributed by atoms with van der Waals surface area (Å²) in [6.07, 6.45) is 3.43. The fraction of sp³-hybridized carbons (Fsp3) is 0.500. The van der Waals surface area contributed by atoms with E-state index < -0.39 is 5.60 Å². The van der Waals surface area contributed by atoms with Gasteiger partial charge in [-0.2, -0.15) is 0 Å². The lowest BCUT2D eigenvalue weighted by Crippen LogP contribution is -2.43. The molecule has 4 rings (SSSR count). The van der Waals surface area contributed by atoms with Crippen molar-refractivity contribution < 1.29 is 13.9 Å². The summed E-state index contributed by atoms with van der Waals surface area (Å²) in [6.45, 7) is 8.03. The van der Waals surface area contributed by atoms with Gasteiger partial charge in [0.2, 0.25) is 0 Å². The van der Waals surface area contributed by atoms with E-state index in [1.807, 2.05) is 45.0 Å². The number of amides is 1. The van der Waals surface area contributed by atoms with Crippen LogP contribution in [0.3, 0.4) is 0 Å². The van der Waals surface area contributed by atoms with Crippen LogP contribution in [0.1, 0.15) is 33.6 Å². The van der Waals surface area contributed by atoms with Crippen molar-refractivity contribution in [3.05, 3.63) is 30.6 Å². The first-order valence-corrected chi connectivity index (χ1v) is 10.1. The van der Waals surface area contributed by atoms with Gasteiger partial charge in [0.15, 0.2) is 11.4 Å². The van der Waals surface area contributed by atoms with Crippen molar-refractivity contribution in [2.24, 2.45) is 5.92 Å². The van der Waals surface area contributed by atoms with Gasteiger partial charge in [-0.25, -0.2) is 14.8 Å². The van der Waals surface area contributed by atoms with E-state index in [0.29, 0.717) is 12.5 Å². The smallest absolute Gasteiger partial charge is 0.410 e. The molecule has 0 radical (unpaired) electrons. The second-order valence-corrected chi connectivity index (χ2v) is 8.79. The van der Waals surface area contributed by atoms with Crippen LogP contribution in [0.4, 0.5) is 10.6 Å². The SMILES string of the molecule is CN(CC1CCCN(c2ncnc3c2oc2ccccc23)C1)C(=O)OC(C)(C)C. The first kappa shape index (κ1) is 19.5. The molecule has 154 valence electrons. The van der Waals surface area contributed by atoms with Crippen molar-refractivity contribution in [3.63, 3.8) is 0 Å². The molecule has 0 spiro atoms. The molecule has 2 aromatic heterocycles. The molecule has 1 amide bonds. The number of fused-ring (bicyclic) bond motifs is 3. The molecule has 1 aromatic carbocycles. The third-order valence-corrected chi connectivity index (χ3v) is 5.19. The first-order valence-electron chi connectivity index (χ1n) is 10.1. The van der Waals surface area contributed by atoms with Gasteiger partial charge in [-0.1, -0.05) is 12.1 Å². The van der Waals surface area contributed by atoms with Crippen LogP contribution in [0.5, 0.6) is 0 Å². The second-order valence-electron chi connectivity index (χ2n) is 8.79. The van der Waals surface area contributed by atoms with Crippen LogP contribution in [-0.4, -0.2) is 53.2 Å². The Morgan fingerprint density at radius 1 is 1.31 bits per heavy atom. The molecule has 1 unspecified atom stereocenters. The Kier molecular flexibility index (Phi) is 5.06. The van der Waals surface area contributed by atoms with E-state index in [2.05, 4.69) is 14.9 Å². The number of carbonyl (C=O) groups is 1. The maximum atomic E-state index is 12.3. The zero-order valence-corrected chi connectivity index (χ0v) is 17.5. The molecule has 1 fully saturated rings. The summed E-state index contributed by atoms with van der Waals surface area (Å²) in [6, 6.07) is 7.92. The standard InChI is InChI=1S/C22H28N4O3/c1-22(2,3)29-21(27)25(4)12-15-8-7-11-26(13-15)20-19-18(23-14-24-20)16-9-5-6-10-17(16)28-19/h5-6,9-10,14-15H,7-8,11-13H2,1-4H3. The Labute approximate surface area is 170 Å². The number of aromatic nitrogens is 2. The van der Waals surface area contributed by atoms with E-state index >= 15 is 0 Å². The van der Waals surface area contributed by atoms with Crippen LogP contribution in [0.25, 0.3) is 22.1 Å². The average Bonchev–Trinajstić information content (AvgIpc) is 3.05. The summed E-state index contributed by atoms with van der Waals surface area (Å²) in [4.78, 5) is 25.2. The number of para-hydroxylation sites is 1.